The van der Waals surface area contributed by atoms with E-state index in [0.29, 0.717) is 42.1 Å². The van der Waals surface area contributed by atoms with Gasteiger partial charge in [-0.1, -0.05) is 79.0 Å². The number of rotatable bonds is 15. The van der Waals surface area contributed by atoms with E-state index >= 15 is 0 Å². The van der Waals surface area contributed by atoms with Crippen LogP contribution in [0.15, 0.2) is 78.9 Å². The van der Waals surface area contributed by atoms with E-state index in [1.165, 1.54) is 18.7 Å². The molecule has 3 aromatic rings. The second-order valence-electron chi connectivity index (χ2n) is 13.8. The van der Waals surface area contributed by atoms with Crippen molar-refractivity contribution in [1.29, 1.82) is 0 Å². The Balaban J connectivity index is 1.42. The summed E-state index contributed by atoms with van der Waals surface area (Å²) in [5.74, 6) is -2.42. The number of carboxylic acid groups (broad SMARTS) is 1. The molecule has 0 aromatic heterocycles. The summed E-state index contributed by atoms with van der Waals surface area (Å²) >= 11 is 6.12. The van der Waals surface area contributed by atoms with Crippen molar-refractivity contribution < 1.29 is 33.9 Å². The third-order valence-corrected chi connectivity index (χ3v) is 10.4. The monoisotopic (exact) mass is 728 g/mol. The molecule has 1 aliphatic heterocycles. The Kier molecular flexibility index (Phi) is 12.5. The van der Waals surface area contributed by atoms with Gasteiger partial charge >= 0.3 is 5.97 Å². The van der Waals surface area contributed by atoms with Gasteiger partial charge < -0.3 is 20.6 Å². The van der Waals surface area contributed by atoms with Crippen molar-refractivity contribution in [3.63, 3.8) is 0 Å². The highest BCUT2D eigenvalue weighted by molar-refractivity contribution is 6.30. The number of amides is 4. The number of carbonyl (C=O) groups is 6. The van der Waals surface area contributed by atoms with Gasteiger partial charge in [-0.05, 0) is 73.6 Å². The van der Waals surface area contributed by atoms with Gasteiger partial charge in [0.1, 0.15) is 12.2 Å². The number of nitrogens with zero attached hydrogens (tertiary/aromatic N) is 2. The Morgan fingerprint density at radius 2 is 1.52 bits per heavy atom. The van der Waals surface area contributed by atoms with E-state index in [9.17, 15) is 33.9 Å². The van der Waals surface area contributed by atoms with E-state index in [1.54, 1.807) is 53.4 Å². The number of anilines is 1. The second-order valence-corrected chi connectivity index (χ2v) is 14.2. The van der Waals surface area contributed by atoms with Crippen molar-refractivity contribution in [3.05, 3.63) is 101 Å². The molecule has 3 unspecified atom stereocenters. The van der Waals surface area contributed by atoms with Crippen LogP contribution in [0.2, 0.25) is 5.02 Å². The van der Waals surface area contributed by atoms with Crippen molar-refractivity contribution in [1.82, 2.24) is 15.5 Å². The normalized spacial score (nSPS) is 18.6. The lowest BCUT2D eigenvalue weighted by atomic mass is 9.81. The van der Waals surface area contributed by atoms with Gasteiger partial charge in [0.2, 0.25) is 17.7 Å². The highest BCUT2D eigenvalue weighted by Gasteiger charge is 2.49. The van der Waals surface area contributed by atoms with Gasteiger partial charge in [0.15, 0.2) is 5.78 Å². The topological polar surface area (TPSA) is 153 Å². The van der Waals surface area contributed by atoms with Crippen molar-refractivity contribution in [2.45, 2.75) is 89.9 Å². The minimum absolute atomic E-state index is 0.154. The molecule has 2 aliphatic rings. The lowest BCUT2D eigenvalue weighted by molar-refractivity contribution is -0.142. The molecule has 0 bridgehead atoms. The fraction of sp³-hybridized carbons (Fsp3) is 0.400. The summed E-state index contributed by atoms with van der Waals surface area (Å²) in [6.45, 7) is 3.27. The Morgan fingerprint density at radius 1 is 0.885 bits per heavy atom. The van der Waals surface area contributed by atoms with Crippen LogP contribution in [0.5, 0.6) is 0 Å². The molecule has 3 atom stereocenters. The van der Waals surface area contributed by atoms with E-state index in [0.717, 1.165) is 24.0 Å². The number of nitrogens with one attached hydrogen (secondary N) is 2. The summed E-state index contributed by atoms with van der Waals surface area (Å²) in [7, 11) is 0. The van der Waals surface area contributed by atoms with Gasteiger partial charge in [-0.15, -0.1) is 0 Å². The van der Waals surface area contributed by atoms with Crippen LogP contribution in [0, 0.1) is 5.41 Å². The molecule has 274 valence electrons. The van der Waals surface area contributed by atoms with Crippen LogP contribution in [0.3, 0.4) is 0 Å². The lowest BCUT2D eigenvalue weighted by Crippen LogP contribution is -2.49. The Morgan fingerprint density at radius 3 is 2.12 bits per heavy atom. The molecule has 1 saturated carbocycles. The first kappa shape index (κ1) is 38.2. The zero-order valence-electron chi connectivity index (χ0n) is 29.5. The van der Waals surface area contributed by atoms with E-state index in [-0.39, 0.29) is 49.2 Å². The van der Waals surface area contributed by atoms with E-state index in [4.69, 9.17) is 11.6 Å². The number of Topliss-reactive ketones (excluding diaryl/α,β-unsaturated/α-hetero) is 1. The van der Waals surface area contributed by atoms with Gasteiger partial charge in [-0.3, -0.25) is 33.7 Å². The molecule has 3 aromatic carbocycles. The van der Waals surface area contributed by atoms with Crippen LogP contribution in [0.1, 0.15) is 81.6 Å². The van der Waals surface area contributed by atoms with Crippen LogP contribution >= 0.6 is 11.6 Å². The molecule has 3 N–H and O–H groups in total. The number of aliphatic carboxylic acids is 1. The Hall–Kier alpha value is -5.03. The van der Waals surface area contributed by atoms with Gasteiger partial charge in [0.25, 0.3) is 5.91 Å². The number of ketones is 1. The summed E-state index contributed by atoms with van der Waals surface area (Å²) < 4.78 is 0. The highest BCUT2D eigenvalue weighted by atomic mass is 35.5. The van der Waals surface area contributed by atoms with Crippen LogP contribution in [-0.4, -0.2) is 64.0 Å². The predicted octanol–water partition coefficient (Wildman–Crippen LogP) is 5.39. The quantitative estimate of drug-likeness (QED) is 0.190. The summed E-state index contributed by atoms with van der Waals surface area (Å²) in [6, 6.07) is 21.6. The molecule has 1 heterocycles. The first-order valence-corrected chi connectivity index (χ1v) is 18.1. The number of hydrogen-bond donors (Lipinski definition) is 3. The maximum Gasteiger partial charge on any atom is 0.303 e. The minimum atomic E-state index is -1.11. The largest absolute Gasteiger partial charge is 0.481 e. The standard InChI is InChI=1S/C40H45ClN4O7/c1-26(46)33(43-39(52)40(20-6-7-21-40)22-23-42-27(2)47)24-28-12-16-32(17-13-28)44-37(30-8-4-3-5-9-30)45(35(48)18-19-36(49)50)34(38(44)51)25-29-10-14-31(41)15-11-29/h3-5,8-17,33-34,37H,6-7,18-25H2,1-2H3,(H,42,47)(H,43,52)(H,49,50). The molecule has 0 radical (unpaired) electrons. The fourth-order valence-corrected chi connectivity index (χ4v) is 7.46. The third kappa shape index (κ3) is 9.06. The molecular weight excluding hydrogens is 684 g/mol. The van der Waals surface area contributed by atoms with E-state index in [2.05, 4.69) is 10.6 Å². The van der Waals surface area contributed by atoms with Crippen LogP contribution in [0.4, 0.5) is 5.69 Å². The molecule has 0 spiro atoms. The van der Waals surface area contributed by atoms with Crippen molar-refractivity contribution in [2.24, 2.45) is 5.41 Å². The summed E-state index contributed by atoms with van der Waals surface area (Å²) in [5.41, 5.74) is 2.11. The van der Waals surface area contributed by atoms with Crippen LogP contribution < -0.4 is 15.5 Å². The number of hydrogen-bond acceptors (Lipinski definition) is 6. The van der Waals surface area contributed by atoms with Crippen molar-refractivity contribution in [2.75, 3.05) is 11.4 Å². The van der Waals surface area contributed by atoms with Gasteiger partial charge in [-0.25, -0.2) is 0 Å². The SMILES string of the molecule is CC(=O)NCCC1(C(=O)NC(Cc2ccc(N3C(=O)C(Cc4ccc(Cl)cc4)N(C(=O)CCC(=O)O)C3c3ccccc3)cc2)C(C)=O)CCCC1. The van der Waals surface area contributed by atoms with Crippen LogP contribution in [0.25, 0.3) is 0 Å². The maximum absolute atomic E-state index is 14.4. The zero-order chi connectivity index (χ0) is 37.4. The fourth-order valence-electron chi connectivity index (χ4n) is 7.34. The molecule has 1 saturated heterocycles. The maximum atomic E-state index is 14.4. The van der Waals surface area contributed by atoms with Crippen LogP contribution in [-0.2, 0) is 41.6 Å². The summed E-state index contributed by atoms with van der Waals surface area (Å²) in [5, 5.41) is 15.7. The molecule has 11 nitrogen and oxygen atoms in total. The predicted molar refractivity (Wildman–Crippen MR) is 196 cm³/mol. The molecule has 1 aliphatic carbocycles. The first-order chi connectivity index (χ1) is 24.9. The first-order valence-electron chi connectivity index (χ1n) is 17.7. The molecule has 4 amide bonds. The van der Waals surface area contributed by atoms with Gasteiger partial charge in [-0.2, -0.15) is 0 Å². The van der Waals surface area contributed by atoms with Crippen molar-refractivity contribution in [3.8, 4) is 0 Å². The average Bonchev–Trinajstić information content (AvgIpc) is 3.71. The summed E-state index contributed by atoms with van der Waals surface area (Å²) in [6.07, 6.45) is 2.63. The molecule has 52 heavy (non-hydrogen) atoms. The molecule has 5 rings (SSSR count). The Labute approximate surface area is 308 Å². The van der Waals surface area contributed by atoms with E-state index < -0.39 is 35.5 Å². The number of halogens is 1. The van der Waals surface area contributed by atoms with E-state index in [1.807, 2.05) is 30.3 Å². The third-order valence-electron chi connectivity index (χ3n) is 10.1. The van der Waals surface area contributed by atoms with Gasteiger partial charge in [0.05, 0.1) is 17.9 Å². The Bertz CT molecular complexity index is 1780. The average molecular weight is 729 g/mol. The number of benzene rings is 3. The van der Waals surface area contributed by atoms with Crippen molar-refractivity contribution >= 4 is 52.7 Å². The molecule has 12 heteroatoms. The zero-order valence-corrected chi connectivity index (χ0v) is 30.2. The number of carbonyl (C=O) groups excluding carboxylic acids is 5. The minimum Gasteiger partial charge on any atom is -0.481 e. The highest BCUT2D eigenvalue weighted by Crippen LogP contribution is 2.42. The second kappa shape index (κ2) is 17.0. The number of carboxylic acids is 1. The molecule has 2 fully saturated rings. The smallest absolute Gasteiger partial charge is 0.303 e. The lowest BCUT2D eigenvalue weighted by Gasteiger charge is -2.32. The summed E-state index contributed by atoms with van der Waals surface area (Å²) in [4.78, 5) is 80.7. The molecular formula is C40H45ClN4O7. The van der Waals surface area contributed by atoms with Gasteiger partial charge in [0, 0.05) is 37.0 Å².